The molecule has 6 nitrogen and oxygen atoms in total. The Bertz CT molecular complexity index is 1270. The predicted molar refractivity (Wildman–Crippen MR) is 123 cm³/mol. The van der Waals surface area contributed by atoms with Crippen molar-refractivity contribution in [2.45, 2.75) is 33.1 Å². The lowest BCUT2D eigenvalue weighted by Gasteiger charge is -2.14. The smallest absolute Gasteiger partial charge is 0.343 e. The molecule has 32 heavy (non-hydrogen) atoms. The van der Waals surface area contributed by atoms with Gasteiger partial charge in [-0.05, 0) is 62.4 Å². The van der Waals surface area contributed by atoms with Crippen LogP contribution in [0.3, 0.4) is 0 Å². The second kappa shape index (κ2) is 9.42. The zero-order chi connectivity index (χ0) is 22.7. The molecule has 2 heterocycles. The number of benzene rings is 2. The molecule has 0 spiro atoms. The normalized spacial score (nSPS) is 11.5. The molecule has 0 fully saturated rings. The maximum Gasteiger partial charge on any atom is 0.343 e. The van der Waals surface area contributed by atoms with E-state index in [4.69, 9.17) is 8.83 Å². The minimum atomic E-state index is -0.579. The standard InChI is InChI=1S/C26H27NO5/c1-17-24(28)18(2)26(29)32-25(17)23-16-21-15-20(10-11-22(21)31-23)9-6-13-27(30)14-12-19-7-4-3-5-8-19/h3-5,7-8,10-11,15-16,28,30H,6,9,12-14H2,1-2H3. The van der Waals surface area contributed by atoms with Gasteiger partial charge in [0, 0.05) is 24.0 Å². The van der Waals surface area contributed by atoms with Gasteiger partial charge in [0.2, 0.25) is 0 Å². The van der Waals surface area contributed by atoms with E-state index in [1.807, 2.05) is 42.5 Å². The zero-order valence-electron chi connectivity index (χ0n) is 18.3. The van der Waals surface area contributed by atoms with Crippen LogP contribution in [0.5, 0.6) is 5.75 Å². The average molecular weight is 434 g/mol. The molecule has 0 bridgehead atoms. The molecule has 2 N–H and O–H groups in total. The van der Waals surface area contributed by atoms with Crippen LogP contribution in [0, 0.1) is 13.8 Å². The van der Waals surface area contributed by atoms with Crippen molar-refractivity contribution < 1.29 is 19.1 Å². The molecule has 0 radical (unpaired) electrons. The van der Waals surface area contributed by atoms with Gasteiger partial charge >= 0.3 is 5.63 Å². The summed E-state index contributed by atoms with van der Waals surface area (Å²) in [5.41, 5.74) is 3.10. The first-order valence-electron chi connectivity index (χ1n) is 10.8. The Hall–Kier alpha value is -3.35. The molecule has 4 aromatic rings. The highest BCUT2D eigenvalue weighted by molar-refractivity contribution is 5.83. The SMILES string of the molecule is Cc1c(-c2cc3cc(CCCN(O)CCc4ccccc4)ccc3o2)oc(=O)c(C)c1O. The first-order chi connectivity index (χ1) is 15.4. The third-order valence-electron chi connectivity index (χ3n) is 5.74. The summed E-state index contributed by atoms with van der Waals surface area (Å²) in [6, 6.07) is 17.9. The lowest BCUT2D eigenvalue weighted by Crippen LogP contribution is -2.23. The van der Waals surface area contributed by atoms with Crippen molar-refractivity contribution in [1.29, 1.82) is 0 Å². The van der Waals surface area contributed by atoms with Gasteiger partial charge in [0.1, 0.15) is 11.3 Å². The van der Waals surface area contributed by atoms with E-state index in [-0.39, 0.29) is 17.1 Å². The van der Waals surface area contributed by atoms with E-state index in [1.165, 1.54) is 17.6 Å². The van der Waals surface area contributed by atoms with E-state index in [0.29, 0.717) is 30.0 Å². The maximum atomic E-state index is 12.0. The van der Waals surface area contributed by atoms with Gasteiger partial charge in [0.15, 0.2) is 11.5 Å². The highest BCUT2D eigenvalue weighted by Gasteiger charge is 2.18. The van der Waals surface area contributed by atoms with E-state index in [0.717, 1.165) is 30.2 Å². The topological polar surface area (TPSA) is 87.0 Å². The Labute approximate surface area is 186 Å². The molecular formula is C26H27NO5. The van der Waals surface area contributed by atoms with Crippen LogP contribution in [0.1, 0.15) is 28.7 Å². The molecule has 2 aromatic heterocycles. The van der Waals surface area contributed by atoms with Gasteiger partial charge in [0.05, 0.1) is 5.56 Å². The number of aryl methyl sites for hydroxylation is 1. The highest BCUT2D eigenvalue weighted by Crippen LogP contribution is 2.33. The van der Waals surface area contributed by atoms with Gasteiger partial charge in [-0.25, -0.2) is 4.79 Å². The number of furan rings is 1. The maximum absolute atomic E-state index is 12.0. The Morgan fingerprint density at radius 2 is 1.66 bits per heavy atom. The first-order valence-corrected chi connectivity index (χ1v) is 10.8. The van der Waals surface area contributed by atoms with Crippen LogP contribution < -0.4 is 5.63 Å². The van der Waals surface area contributed by atoms with Crippen LogP contribution in [0.4, 0.5) is 0 Å². The summed E-state index contributed by atoms with van der Waals surface area (Å²) in [7, 11) is 0. The van der Waals surface area contributed by atoms with E-state index in [9.17, 15) is 15.1 Å². The molecule has 0 aliphatic carbocycles. The highest BCUT2D eigenvalue weighted by atomic mass is 16.5. The lowest BCUT2D eigenvalue weighted by molar-refractivity contribution is -0.0901. The van der Waals surface area contributed by atoms with E-state index in [1.54, 1.807) is 6.92 Å². The molecule has 0 atom stereocenters. The third-order valence-corrected chi connectivity index (χ3v) is 5.74. The molecule has 166 valence electrons. The Balaban J connectivity index is 1.40. The molecule has 4 rings (SSSR count). The van der Waals surface area contributed by atoms with Gasteiger partial charge in [-0.3, -0.25) is 0 Å². The second-order valence-electron chi connectivity index (χ2n) is 8.09. The van der Waals surface area contributed by atoms with Crippen molar-refractivity contribution in [3.63, 3.8) is 0 Å². The minimum Gasteiger partial charge on any atom is -0.507 e. The first kappa shape index (κ1) is 21.9. The number of rotatable bonds is 8. The second-order valence-corrected chi connectivity index (χ2v) is 8.09. The van der Waals surface area contributed by atoms with Crippen molar-refractivity contribution in [1.82, 2.24) is 5.06 Å². The van der Waals surface area contributed by atoms with Crippen molar-refractivity contribution in [2.75, 3.05) is 13.1 Å². The van der Waals surface area contributed by atoms with Gasteiger partial charge in [0.25, 0.3) is 0 Å². The van der Waals surface area contributed by atoms with Gasteiger partial charge in [-0.15, -0.1) is 0 Å². The summed E-state index contributed by atoms with van der Waals surface area (Å²) in [4.78, 5) is 12.0. The lowest BCUT2D eigenvalue weighted by atomic mass is 10.1. The number of aromatic hydroxyl groups is 1. The van der Waals surface area contributed by atoms with Crippen LogP contribution in [-0.2, 0) is 12.8 Å². The summed E-state index contributed by atoms with van der Waals surface area (Å²) in [5, 5.41) is 22.6. The molecule has 0 unspecified atom stereocenters. The number of hydrogen-bond acceptors (Lipinski definition) is 6. The zero-order valence-corrected chi connectivity index (χ0v) is 18.3. The molecule has 6 heteroatoms. The fourth-order valence-electron chi connectivity index (χ4n) is 3.81. The Morgan fingerprint density at radius 3 is 2.44 bits per heavy atom. The van der Waals surface area contributed by atoms with Crippen LogP contribution in [0.15, 0.2) is 68.2 Å². The minimum absolute atomic E-state index is 0.0711. The fourth-order valence-corrected chi connectivity index (χ4v) is 3.81. The van der Waals surface area contributed by atoms with Crippen LogP contribution in [0.2, 0.25) is 0 Å². The quantitative estimate of drug-likeness (QED) is 0.370. The monoisotopic (exact) mass is 433 g/mol. The third kappa shape index (κ3) is 4.77. The average Bonchev–Trinajstić information content (AvgIpc) is 3.22. The largest absolute Gasteiger partial charge is 0.507 e. The van der Waals surface area contributed by atoms with Crippen LogP contribution in [0.25, 0.3) is 22.5 Å². The predicted octanol–water partition coefficient (Wildman–Crippen LogP) is 5.24. The molecule has 0 aliphatic heterocycles. The molecule has 0 aliphatic rings. The van der Waals surface area contributed by atoms with Gasteiger partial charge < -0.3 is 19.1 Å². The number of nitrogens with zero attached hydrogens (tertiary/aromatic N) is 1. The fraction of sp³-hybridized carbons (Fsp3) is 0.269. The van der Waals surface area contributed by atoms with Crippen molar-refractivity contribution in [3.05, 3.63) is 87.3 Å². The summed E-state index contributed by atoms with van der Waals surface area (Å²) < 4.78 is 11.2. The molecule has 0 amide bonds. The van der Waals surface area contributed by atoms with E-state index in [2.05, 4.69) is 12.1 Å². The Morgan fingerprint density at radius 1 is 0.875 bits per heavy atom. The van der Waals surface area contributed by atoms with E-state index >= 15 is 0 Å². The molecule has 2 aromatic carbocycles. The summed E-state index contributed by atoms with van der Waals surface area (Å²) >= 11 is 0. The van der Waals surface area contributed by atoms with Crippen LogP contribution >= 0.6 is 0 Å². The number of fused-ring (bicyclic) bond motifs is 1. The van der Waals surface area contributed by atoms with Crippen LogP contribution in [-0.4, -0.2) is 28.5 Å². The molecule has 0 saturated carbocycles. The molecular weight excluding hydrogens is 406 g/mol. The van der Waals surface area contributed by atoms with Crippen molar-refractivity contribution >= 4 is 11.0 Å². The van der Waals surface area contributed by atoms with E-state index < -0.39 is 5.63 Å². The summed E-state index contributed by atoms with van der Waals surface area (Å²) in [6.45, 7) is 4.41. The van der Waals surface area contributed by atoms with Gasteiger partial charge in [-0.1, -0.05) is 36.4 Å². The Kier molecular flexibility index (Phi) is 6.44. The number of hydrogen-bond donors (Lipinski definition) is 2. The summed E-state index contributed by atoms with van der Waals surface area (Å²) in [6.07, 6.45) is 2.45. The van der Waals surface area contributed by atoms with Crippen molar-refractivity contribution in [3.8, 4) is 17.3 Å². The van der Waals surface area contributed by atoms with Crippen molar-refractivity contribution in [2.24, 2.45) is 0 Å². The molecule has 0 saturated heterocycles. The van der Waals surface area contributed by atoms with Gasteiger partial charge in [-0.2, -0.15) is 5.06 Å². The summed E-state index contributed by atoms with van der Waals surface area (Å²) in [5.74, 6) is 0.577. The number of hydroxylamine groups is 2.